The highest BCUT2D eigenvalue weighted by molar-refractivity contribution is 5.81. The van der Waals surface area contributed by atoms with E-state index in [1.165, 1.54) is 6.07 Å². The zero-order chi connectivity index (χ0) is 22.5. The summed E-state index contributed by atoms with van der Waals surface area (Å²) in [6, 6.07) is 1.50. The Hall–Kier alpha value is -2.26. The van der Waals surface area contributed by atoms with Gasteiger partial charge in [-0.25, -0.2) is 8.78 Å². The van der Waals surface area contributed by atoms with Crippen LogP contribution in [0.2, 0.25) is 0 Å². The first kappa shape index (κ1) is 21.6. The summed E-state index contributed by atoms with van der Waals surface area (Å²) in [6.07, 6.45) is 3.44. The van der Waals surface area contributed by atoms with E-state index in [0.717, 1.165) is 18.9 Å². The minimum absolute atomic E-state index is 0.00258. The molecule has 1 aliphatic carbocycles. The number of nitrogens with one attached hydrogen (secondary N) is 1. The highest BCUT2D eigenvalue weighted by atomic mass is 19.1. The van der Waals surface area contributed by atoms with Crippen LogP contribution < -0.4 is 10.1 Å². The summed E-state index contributed by atoms with van der Waals surface area (Å²) < 4.78 is 46.2. The molecule has 2 bridgehead atoms. The fourth-order valence-corrected chi connectivity index (χ4v) is 5.97. The Kier molecular flexibility index (Phi) is 5.57. The lowest BCUT2D eigenvalue weighted by molar-refractivity contribution is -0.145. The summed E-state index contributed by atoms with van der Waals surface area (Å²) in [7, 11) is 0. The second-order valence-electron chi connectivity index (χ2n) is 9.47. The fraction of sp³-hybridized carbons (Fsp3) is 0.652. The molecule has 1 N–H and O–H groups in total. The number of morpholine rings is 1. The molecule has 3 atom stereocenters. The molecule has 1 aromatic carbocycles. The standard InChI is InChI=1S/C23H28F2N2O5/c1-13-8-23(12-30-10-20(28)26-23)19-9-31-16-4-2-14(3-5-16)17-6-15(24)7-18(25)22(17)32-11-21(29)27(13)19/h6-7,13-14,16,19H,2-5,8-12H2,1H3,(H,26,28)/t13-,14?,16?,19-,23+/m1/s1. The lowest BCUT2D eigenvalue weighted by Crippen LogP contribution is -2.65. The van der Waals surface area contributed by atoms with Crippen molar-refractivity contribution in [2.75, 3.05) is 26.4 Å². The third-order valence-electron chi connectivity index (χ3n) is 7.36. The minimum Gasteiger partial charge on any atom is -0.480 e. The number of benzene rings is 1. The molecule has 4 heterocycles. The van der Waals surface area contributed by atoms with Gasteiger partial charge in [0, 0.05) is 17.7 Å². The summed E-state index contributed by atoms with van der Waals surface area (Å²) in [5, 5.41) is 3.06. The van der Waals surface area contributed by atoms with E-state index in [-0.39, 0.29) is 55.4 Å². The van der Waals surface area contributed by atoms with Gasteiger partial charge in [0.1, 0.15) is 12.4 Å². The SMILES string of the molecule is C[C@@H]1C[C@]2(COCC(=O)N2)[C@H]2COC3CCC(CC3)c3cc(F)cc(F)c3OCC(=O)N12. The number of rotatable bonds is 0. The van der Waals surface area contributed by atoms with Gasteiger partial charge in [0.05, 0.1) is 30.9 Å². The molecule has 3 fully saturated rings. The first-order chi connectivity index (χ1) is 15.4. The van der Waals surface area contributed by atoms with Crippen LogP contribution in [0.1, 0.15) is 50.5 Å². The number of ether oxygens (including phenoxy) is 3. The zero-order valence-corrected chi connectivity index (χ0v) is 18.1. The van der Waals surface area contributed by atoms with E-state index >= 15 is 0 Å². The Labute approximate surface area is 185 Å². The summed E-state index contributed by atoms with van der Waals surface area (Å²) in [4.78, 5) is 27.1. The molecule has 0 radical (unpaired) electrons. The molecule has 7 nitrogen and oxygen atoms in total. The molecule has 5 aliphatic rings. The van der Waals surface area contributed by atoms with Crippen LogP contribution in [0.25, 0.3) is 0 Å². The Morgan fingerprint density at radius 1 is 1.12 bits per heavy atom. The molecule has 174 valence electrons. The van der Waals surface area contributed by atoms with Gasteiger partial charge in [0.25, 0.3) is 5.91 Å². The predicted molar refractivity (Wildman–Crippen MR) is 109 cm³/mol. The third kappa shape index (κ3) is 3.75. The van der Waals surface area contributed by atoms with E-state index in [0.29, 0.717) is 31.4 Å². The Bertz CT molecular complexity index is 920. The van der Waals surface area contributed by atoms with Crippen LogP contribution in [0.5, 0.6) is 5.75 Å². The van der Waals surface area contributed by atoms with Gasteiger partial charge >= 0.3 is 0 Å². The largest absolute Gasteiger partial charge is 0.480 e. The molecule has 6 rings (SSSR count). The molecule has 4 aliphatic heterocycles. The molecule has 0 aromatic heterocycles. The van der Waals surface area contributed by atoms with Crippen LogP contribution in [0, 0.1) is 11.6 Å². The van der Waals surface area contributed by atoms with E-state index in [2.05, 4.69) is 5.32 Å². The third-order valence-corrected chi connectivity index (χ3v) is 7.36. The van der Waals surface area contributed by atoms with Gasteiger partial charge in [-0.3, -0.25) is 9.59 Å². The van der Waals surface area contributed by atoms with Crippen molar-refractivity contribution in [3.05, 3.63) is 29.3 Å². The normalized spacial score (nSPS) is 35.3. The summed E-state index contributed by atoms with van der Waals surface area (Å²) in [6.45, 7) is 2.10. The highest BCUT2D eigenvalue weighted by Crippen LogP contribution is 2.42. The molecule has 32 heavy (non-hydrogen) atoms. The summed E-state index contributed by atoms with van der Waals surface area (Å²) in [5.41, 5.74) is -0.253. The lowest BCUT2D eigenvalue weighted by Gasteiger charge is -2.41. The van der Waals surface area contributed by atoms with Crippen LogP contribution in [-0.2, 0) is 19.1 Å². The Balaban J connectivity index is 1.50. The molecule has 2 amide bonds. The maximum absolute atomic E-state index is 14.7. The molecule has 0 unspecified atom stereocenters. The van der Waals surface area contributed by atoms with Crippen molar-refractivity contribution in [2.24, 2.45) is 0 Å². The van der Waals surface area contributed by atoms with Crippen LogP contribution in [-0.4, -0.2) is 66.9 Å². The number of hydrogen-bond acceptors (Lipinski definition) is 5. The highest BCUT2D eigenvalue weighted by Gasteiger charge is 2.55. The summed E-state index contributed by atoms with van der Waals surface area (Å²) >= 11 is 0. The van der Waals surface area contributed by atoms with E-state index in [9.17, 15) is 18.4 Å². The van der Waals surface area contributed by atoms with Crippen LogP contribution >= 0.6 is 0 Å². The monoisotopic (exact) mass is 450 g/mol. The van der Waals surface area contributed by atoms with Crippen molar-refractivity contribution in [3.63, 3.8) is 0 Å². The second-order valence-corrected chi connectivity index (χ2v) is 9.47. The minimum atomic E-state index is -0.795. The van der Waals surface area contributed by atoms with E-state index in [1.807, 2.05) is 6.92 Å². The second kappa shape index (κ2) is 8.26. The molecule has 1 aromatic rings. The fourth-order valence-electron chi connectivity index (χ4n) is 5.97. The van der Waals surface area contributed by atoms with Crippen molar-refractivity contribution in [2.45, 2.75) is 68.7 Å². The smallest absolute Gasteiger partial charge is 0.261 e. The average Bonchev–Trinajstić information content (AvgIpc) is 3.01. The van der Waals surface area contributed by atoms with E-state index in [1.54, 1.807) is 4.90 Å². The Morgan fingerprint density at radius 3 is 2.66 bits per heavy atom. The van der Waals surface area contributed by atoms with Crippen molar-refractivity contribution in [1.29, 1.82) is 0 Å². The van der Waals surface area contributed by atoms with Crippen molar-refractivity contribution in [3.8, 4) is 5.75 Å². The van der Waals surface area contributed by atoms with Gasteiger partial charge < -0.3 is 24.4 Å². The van der Waals surface area contributed by atoms with Gasteiger partial charge in [-0.15, -0.1) is 0 Å². The van der Waals surface area contributed by atoms with Gasteiger partial charge in [0.15, 0.2) is 18.2 Å². The van der Waals surface area contributed by atoms with Gasteiger partial charge in [-0.1, -0.05) is 0 Å². The van der Waals surface area contributed by atoms with E-state index in [4.69, 9.17) is 14.2 Å². The first-order valence-corrected chi connectivity index (χ1v) is 11.3. The molecule has 2 saturated heterocycles. The molecule has 1 saturated carbocycles. The number of carbonyl (C=O) groups is 2. The maximum Gasteiger partial charge on any atom is 0.261 e. The van der Waals surface area contributed by atoms with E-state index < -0.39 is 23.2 Å². The number of nitrogens with zero attached hydrogens (tertiary/aromatic N) is 1. The first-order valence-electron chi connectivity index (χ1n) is 11.3. The Morgan fingerprint density at radius 2 is 1.91 bits per heavy atom. The summed E-state index contributed by atoms with van der Waals surface area (Å²) in [5.74, 6) is -2.09. The van der Waals surface area contributed by atoms with Crippen LogP contribution in [0.3, 0.4) is 0 Å². The predicted octanol–water partition coefficient (Wildman–Crippen LogP) is 2.27. The maximum atomic E-state index is 14.7. The number of hydrogen-bond donors (Lipinski definition) is 1. The molecular weight excluding hydrogens is 422 g/mol. The number of fused-ring (bicyclic) bond motifs is 5. The average molecular weight is 450 g/mol. The molecular formula is C23H28F2N2O5. The quantitative estimate of drug-likeness (QED) is 0.656. The molecule has 9 heteroatoms. The number of amides is 2. The van der Waals surface area contributed by atoms with Gasteiger partial charge in [-0.05, 0) is 51.0 Å². The number of halogens is 2. The topological polar surface area (TPSA) is 77.1 Å². The van der Waals surface area contributed by atoms with Crippen molar-refractivity contribution in [1.82, 2.24) is 10.2 Å². The van der Waals surface area contributed by atoms with Gasteiger partial charge in [-0.2, -0.15) is 0 Å². The van der Waals surface area contributed by atoms with Crippen molar-refractivity contribution >= 4 is 11.8 Å². The van der Waals surface area contributed by atoms with Crippen molar-refractivity contribution < 1.29 is 32.6 Å². The lowest BCUT2D eigenvalue weighted by atomic mass is 9.82. The zero-order valence-electron chi connectivity index (χ0n) is 18.1. The van der Waals surface area contributed by atoms with Crippen LogP contribution in [0.15, 0.2) is 12.1 Å². The molecule has 1 spiro atoms. The van der Waals surface area contributed by atoms with Crippen LogP contribution in [0.4, 0.5) is 8.78 Å². The van der Waals surface area contributed by atoms with Gasteiger partial charge in [0.2, 0.25) is 5.91 Å². The number of carbonyl (C=O) groups excluding carboxylic acids is 2.